The number of nitriles is 1. The number of hydrogen-bond donors (Lipinski definition) is 0. The molecule has 3 nitrogen and oxygen atoms in total. The molecule has 0 spiro atoms. The van der Waals surface area contributed by atoms with E-state index < -0.39 is 5.41 Å². The lowest BCUT2D eigenvalue weighted by Gasteiger charge is -2.42. The van der Waals surface area contributed by atoms with E-state index in [-0.39, 0.29) is 0 Å². The summed E-state index contributed by atoms with van der Waals surface area (Å²) >= 11 is 0. The maximum Gasteiger partial charge on any atom is 0.0867 e. The number of aromatic nitrogens is 1. The first-order chi connectivity index (χ1) is 10.2. The number of rotatable bonds is 2. The molecule has 2 aliphatic heterocycles. The number of fused-ring (bicyclic) bond motifs is 2. The van der Waals surface area contributed by atoms with Crippen molar-refractivity contribution in [1.82, 2.24) is 9.88 Å². The standard InChI is InChI=1S/C18H17N3/c1-3-7-21-16-5-6-17(21)10-18(9-16,13-19)15-8-14(4-2)11-20-12-15/h1-2,8,11-12,16-17H,5-7,9-10H2/t16-,17+,18-. The lowest BCUT2D eigenvalue weighted by molar-refractivity contribution is 0.121. The van der Waals surface area contributed by atoms with Crippen molar-refractivity contribution in [3.63, 3.8) is 0 Å². The Morgan fingerprint density at radius 2 is 2.00 bits per heavy atom. The lowest BCUT2D eigenvalue weighted by atomic mass is 9.71. The zero-order valence-corrected chi connectivity index (χ0v) is 11.9. The number of hydrogen-bond acceptors (Lipinski definition) is 3. The van der Waals surface area contributed by atoms with E-state index in [2.05, 4.69) is 27.8 Å². The fourth-order valence-electron chi connectivity index (χ4n) is 3.88. The van der Waals surface area contributed by atoms with Gasteiger partial charge in [0.2, 0.25) is 0 Å². The first-order valence-corrected chi connectivity index (χ1v) is 7.25. The van der Waals surface area contributed by atoms with Crippen LogP contribution >= 0.6 is 0 Å². The first-order valence-electron chi connectivity index (χ1n) is 7.25. The molecule has 3 heteroatoms. The van der Waals surface area contributed by atoms with Crippen molar-refractivity contribution in [2.24, 2.45) is 0 Å². The highest BCUT2D eigenvalue weighted by molar-refractivity contribution is 5.40. The minimum atomic E-state index is -0.475. The van der Waals surface area contributed by atoms with Gasteiger partial charge in [-0.3, -0.25) is 9.88 Å². The highest BCUT2D eigenvalue weighted by atomic mass is 15.2. The molecule has 0 aliphatic carbocycles. The molecule has 2 aliphatic rings. The summed E-state index contributed by atoms with van der Waals surface area (Å²) in [4.78, 5) is 6.59. The largest absolute Gasteiger partial charge is 0.286 e. The Bertz CT molecular complexity index is 657. The van der Waals surface area contributed by atoms with Gasteiger partial charge >= 0.3 is 0 Å². The average molecular weight is 275 g/mol. The van der Waals surface area contributed by atoms with Crippen molar-refractivity contribution in [3.05, 3.63) is 29.6 Å². The van der Waals surface area contributed by atoms with E-state index >= 15 is 0 Å². The van der Waals surface area contributed by atoms with Gasteiger partial charge in [-0.2, -0.15) is 5.26 Å². The van der Waals surface area contributed by atoms with Crippen molar-refractivity contribution in [2.45, 2.75) is 43.2 Å². The number of pyridine rings is 1. The van der Waals surface area contributed by atoms with Gasteiger partial charge in [-0.25, -0.2) is 0 Å². The summed E-state index contributed by atoms with van der Waals surface area (Å²) in [6.45, 7) is 0.680. The summed E-state index contributed by atoms with van der Waals surface area (Å²) in [6.07, 6.45) is 18.3. The molecular formula is C18H17N3. The lowest BCUT2D eigenvalue weighted by Crippen LogP contribution is -2.49. The van der Waals surface area contributed by atoms with Crippen molar-refractivity contribution in [1.29, 1.82) is 5.26 Å². The maximum absolute atomic E-state index is 9.85. The van der Waals surface area contributed by atoms with Gasteiger partial charge in [0.05, 0.1) is 18.0 Å². The molecule has 2 bridgehead atoms. The number of piperidine rings is 1. The topological polar surface area (TPSA) is 39.9 Å². The normalized spacial score (nSPS) is 31.1. The van der Waals surface area contributed by atoms with Crippen LogP contribution in [0.15, 0.2) is 18.5 Å². The Morgan fingerprint density at radius 3 is 2.57 bits per heavy atom. The summed E-state index contributed by atoms with van der Waals surface area (Å²) < 4.78 is 0. The van der Waals surface area contributed by atoms with Crippen LogP contribution in [0.3, 0.4) is 0 Å². The van der Waals surface area contributed by atoms with E-state index in [1.54, 1.807) is 12.4 Å². The third-order valence-corrected chi connectivity index (χ3v) is 4.88. The zero-order valence-electron chi connectivity index (χ0n) is 11.9. The zero-order chi connectivity index (χ0) is 14.9. The average Bonchev–Trinajstić information content (AvgIpc) is 2.78. The molecule has 3 atom stereocenters. The van der Waals surface area contributed by atoms with Crippen molar-refractivity contribution < 1.29 is 0 Å². The van der Waals surface area contributed by atoms with Gasteiger partial charge < -0.3 is 0 Å². The summed E-state index contributed by atoms with van der Waals surface area (Å²) in [5.74, 6) is 5.35. The molecule has 104 valence electrons. The van der Waals surface area contributed by atoms with Gasteiger partial charge in [0, 0.05) is 30.0 Å². The second kappa shape index (κ2) is 5.25. The van der Waals surface area contributed by atoms with Crippen LogP contribution in [0.4, 0.5) is 0 Å². The minimum Gasteiger partial charge on any atom is -0.286 e. The van der Waals surface area contributed by atoms with Crippen LogP contribution in [0.5, 0.6) is 0 Å². The van der Waals surface area contributed by atoms with Crippen LogP contribution < -0.4 is 0 Å². The van der Waals surface area contributed by atoms with Gasteiger partial charge in [0.1, 0.15) is 0 Å². The van der Waals surface area contributed by atoms with Gasteiger partial charge in [-0.15, -0.1) is 12.8 Å². The molecule has 0 amide bonds. The second-order valence-electron chi connectivity index (χ2n) is 5.97. The fourth-order valence-corrected chi connectivity index (χ4v) is 3.88. The highest BCUT2D eigenvalue weighted by Gasteiger charge is 2.49. The molecule has 0 N–H and O–H groups in total. The minimum absolute atomic E-state index is 0.397. The van der Waals surface area contributed by atoms with E-state index in [1.165, 1.54) is 0 Å². The Balaban J connectivity index is 1.96. The Labute approximate surface area is 126 Å². The second-order valence-corrected chi connectivity index (χ2v) is 5.97. The summed E-state index contributed by atoms with van der Waals surface area (Å²) in [5.41, 5.74) is 1.22. The van der Waals surface area contributed by atoms with Gasteiger partial charge in [0.25, 0.3) is 0 Å². The molecule has 3 rings (SSSR count). The Kier molecular flexibility index (Phi) is 3.42. The molecule has 21 heavy (non-hydrogen) atoms. The van der Waals surface area contributed by atoms with E-state index in [0.29, 0.717) is 18.6 Å². The molecule has 2 fully saturated rings. The van der Waals surface area contributed by atoms with Gasteiger partial charge in [-0.1, -0.05) is 11.8 Å². The van der Waals surface area contributed by atoms with Gasteiger partial charge in [0.15, 0.2) is 0 Å². The van der Waals surface area contributed by atoms with Crippen LogP contribution in [-0.4, -0.2) is 28.5 Å². The van der Waals surface area contributed by atoms with E-state index in [9.17, 15) is 5.26 Å². The predicted octanol–water partition coefficient (Wildman–Crippen LogP) is 2.08. The molecule has 0 aromatic carbocycles. The van der Waals surface area contributed by atoms with Gasteiger partial charge in [-0.05, 0) is 37.3 Å². The fraction of sp³-hybridized carbons (Fsp3) is 0.444. The quantitative estimate of drug-likeness (QED) is 0.776. The van der Waals surface area contributed by atoms with Crippen molar-refractivity contribution >= 4 is 0 Å². The predicted molar refractivity (Wildman–Crippen MR) is 81.0 cm³/mol. The molecule has 3 heterocycles. The first kappa shape index (κ1) is 13.7. The van der Waals surface area contributed by atoms with Crippen LogP contribution in [0.2, 0.25) is 0 Å². The molecule has 0 radical (unpaired) electrons. The molecular weight excluding hydrogens is 258 g/mol. The summed E-state index contributed by atoms with van der Waals surface area (Å²) in [5, 5.41) is 9.85. The molecule has 2 saturated heterocycles. The molecule has 0 saturated carbocycles. The van der Waals surface area contributed by atoms with Crippen LogP contribution in [0.25, 0.3) is 0 Å². The third kappa shape index (κ3) is 2.19. The summed E-state index contributed by atoms with van der Waals surface area (Å²) in [7, 11) is 0. The van der Waals surface area contributed by atoms with E-state index in [4.69, 9.17) is 12.8 Å². The number of nitrogens with zero attached hydrogens (tertiary/aromatic N) is 3. The monoisotopic (exact) mass is 275 g/mol. The SMILES string of the molecule is C#CCN1[C@@H]2CC[C@H]1C[C@](C#N)(c1cncc(C#C)c1)C2. The maximum atomic E-state index is 9.85. The summed E-state index contributed by atoms with van der Waals surface area (Å²) in [6, 6.07) is 5.29. The number of terminal acetylenes is 2. The molecule has 1 aromatic heterocycles. The Hall–Kier alpha value is -2.28. The van der Waals surface area contributed by atoms with E-state index in [0.717, 1.165) is 36.8 Å². The van der Waals surface area contributed by atoms with Crippen molar-refractivity contribution in [3.8, 4) is 30.8 Å². The van der Waals surface area contributed by atoms with Crippen LogP contribution in [-0.2, 0) is 5.41 Å². The van der Waals surface area contributed by atoms with E-state index in [1.807, 2.05) is 6.07 Å². The smallest absolute Gasteiger partial charge is 0.0867 e. The third-order valence-electron chi connectivity index (χ3n) is 4.88. The highest BCUT2D eigenvalue weighted by Crippen LogP contribution is 2.46. The van der Waals surface area contributed by atoms with Crippen LogP contribution in [0.1, 0.15) is 36.8 Å². The van der Waals surface area contributed by atoms with Crippen molar-refractivity contribution in [2.75, 3.05) is 6.54 Å². The molecule has 0 unspecified atom stereocenters. The molecule has 1 aromatic rings. The Morgan fingerprint density at radius 1 is 1.29 bits per heavy atom. The van der Waals surface area contributed by atoms with Crippen LogP contribution in [0, 0.1) is 36.0 Å².